The molecule has 0 saturated heterocycles. The minimum absolute atomic E-state index is 0.0231. The van der Waals surface area contributed by atoms with Gasteiger partial charge in [0.1, 0.15) is 0 Å². The summed E-state index contributed by atoms with van der Waals surface area (Å²) in [5.41, 5.74) is 0. The number of esters is 1. The Balaban J connectivity index is 3.33. The van der Waals surface area contributed by atoms with Gasteiger partial charge in [-0.1, -0.05) is 399 Å². The number of aliphatic hydroxyl groups excluding tert-OH is 2. The van der Waals surface area contributed by atoms with Gasteiger partial charge in [-0.15, -0.1) is 0 Å². The predicted octanol–water partition coefficient (Wildman–Crippen LogP) is 24.2. The topological polar surface area (TPSA) is 95.9 Å². The summed E-state index contributed by atoms with van der Waals surface area (Å²) in [5, 5.41) is 23.4. The summed E-state index contributed by atoms with van der Waals surface area (Å²) in [5.74, 6) is -0.00359. The Kier molecular flexibility index (Phi) is 69.3. The van der Waals surface area contributed by atoms with Crippen molar-refractivity contribution in [1.29, 1.82) is 0 Å². The van der Waals surface area contributed by atoms with Crippen LogP contribution in [0.5, 0.6) is 0 Å². The van der Waals surface area contributed by atoms with Gasteiger partial charge < -0.3 is 20.3 Å². The number of amides is 1. The number of carbonyl (C=O) groups is 2. The standard InChI is InChI=1S/C74H147NO5/c1-3-5-7-9-11-13-15-17-19-21-22-32-35-38-42-46-50-54-58-62-66-72(77)71(70-76)75-73(78)67-63-59-55-51-47-43-39-36-33-30-28-26-24-23-25-27-29-31-34-37-41-45-49-53-57-61-65-69-80-74(79)68-64-60-56-52-48-44-40-20-18-16-14-12-10-8-6-4-2/h71-72,76-77H,3-70H2,1-2H3,(H,75,78). The second-order valence-electron chi connectivity index (χ2n) is 26.0. The molecule has 0 bridgehead atoms. The van der Waals surface area contributed by atoms with E-state index in [-0.39, 0.29) is 18.5 Å². The van der Waals surface area contributed by atoms with Crippen LogP contribution in [0.2, 0.25) is 0 Å². The summed E-state index contributed by atoms with van der Waals surface area (Å²) >= 11 is 0. The monoisotopic (exact) mass is 1130 g/mol. The Labute approximate surface area is 502 Å². The fourth-order valence-electron chi connectivity index (χ4n) is 12.2. The van der Waals surface area contributed by atoms with Crippen molar-refractivity contribution in [3.63, 3.8) is 0 Å². The largest absolute Gasteiger partial charge is 0.466 e. The molecule has 0 saturated carbocycles. The smallest absolute Gasteiger partial charge is 0.305 e. The van der Waals surface area contributed by atoms with E-state index in [0.717, 1.165) is 38.5 Å². The predicted molar refractivity (Wildman–Crippen MR) is 352 cm³/mol. The van der Waals surface area contributed by atoms with E-state index in [2.05, 4.69) is 19.2 Å². The van der Waals surface area contributed by atoms with Crippen molar-refractivity contribution in [2.24, 2.45) is 0 Å². The van der Waals surface area contributed by atoms with Crippen LogP contribution in [0.1, 0.15) is 438 Å². The first-order valence-electron chi connectivity index (χ1n) is 37.3. The third-order valence-electron chi connectivity index (χ3n) is 17.9. The highest BCUT2D eigenvalue weighted by atomic mass is 16.5. The highest BCUT2D eigenvalue weighted by molar-refractivity contribution is 5.76. The van der Waals surface area contributed by atoms with Crippen LogP contribution in [0.3, 0.4) is 0 Å². The molecule has 0 aromatic heterocycles. The van der Waals surface area contributed by atoms with Gasteiger partial charge in [-0.3, -0.25) is 9.59 Å². The van der Waals surface area contributed by atoms with E-state index in [0.29, 0.717) is 25.9 Å². The highest BCUT2D eigenvalue weighted by Gasteiger charge is 2.20. The van der Waals surface area contributed by atoms with Crippen LogP contribution in [-0.4, -0.2) is 47.4 Å². The molecule has 0 radical (unpaired) electrons. The molecule has 2 atom stereocenters. The average molecular weight is 1130 g/mol. The fraction of sp³-hybridized carbons (Fsp3) is 0.973. The fourth-order valence-corrected chi connectivity index (χ4v) is 12.2. The van der Waals surface area contributed by atoms with E-state index in [1.54, 1.807) is 0 Å². The summed E-state index contributed by atoms with van der Waals surface area (Å²) in [6.45, 7) is 5.01. The molecule has 0 fully saturated rings. The second kappa shape index (κ2) is 70.3. The molecule has 3 N–H and O–H groups in total. The first-order chi connectivity index (χ1) is 39.5. The molecule has 0 heterocycles. The van der Waals surface area contributed by atoms with E-state index >= 15 is 0 Å². The minimum atomic E-state index is -0.662. The Morgan fingerprint density at radius 1 is 0.300 bits per heavy atom. The van der Waals surface area contributed by atoms with Gasteiger partial charge in [0.25, 0.3) is 0 Å². The van der Waals surface area contributed by atoms with Gasteiger partial charge in [-0.2, -0.15) is 0 Å². The van der Waals surface area contributed by atoms with Crippen LogP contribution in [0.4, 0.5) is 0 Å². The molecule has 478 valence electrons. The lowest BCUT2D eigenvalue weighted by atomic mass is 10.0. The maximum absolute atomic E-state index is 12.5. The summed E-state index contributed by atoms with van der Waals surface area (Å²) in [4.78, 5) is 24.6. The normalized spacial score (nSPS) is 12.4. The molecule has 6 heteroatoms. The van der Waals surface area contributed by atoms with Crippen molar-refractivity contribution in [2.75, 3.05) is 13.2 Å². The van der Waals surface area contributed by atoms with Crippen molar-refractivity contribution in [1.82, 2.24) is 5.32 Å². The van der Waals surface area contributed by atoms with Gasteiger partial charge in [-0.25, -0.2) is 0 Å². The minimum Gasteiger partial charge on any atom is -0.466 e. The van der Waals surface area contributed by atoms with E-state index in [9.17, 15) is 19.8 Å². The number of hydrogen-bond donors (Lipinski definition) is 3. The zero-order valence-corrected chi connectivity index (χ0v) is 54.9. The lowest BCUT2D eigenvalue weighted by Crippen LogP contribution is -2.45. The molecule has 2 unspecified atom stereocenters. The van der Waals surface area contributed by atoms with Crippen LogP contribution in [0.15, 0.2) is 0 Å². The van der Waals surface area contributed by atoms with Crippen LogP contribution >= 0.6 is 0 Å². The Morgan fingerprint density at radius 2 is 0.512 bits per heavy atom. The van der Waals surface area contributed by atoms with E-state index < -0.39 is 12.1 Å². The Bertz CT molecular complexity index is 1160. The average Bonchev–Trinajstić information content (AvgIpc) is 3.46. The van der Waals surface area contributed by atoms with Gasteiger partial charge in [0.15, 0.2) is 0 Å². The van der Waals surface area contributed by atoms with Gasteiger partial charge >= 0.3 is 5.97 Å². The van der Waals surface area contributed by atoms with Gasteiger partial charge in [-0.05, 0) is 25.7 Å². The van der Waals surface area contributed by atoms with Crippen molar-refractivity contribution in [2.45, 2.75) is 450 Å². The number of rotatable bonds is 71. The van der Waals surface area contributed by atoms with Gasteiger partial charge in [0.2, 0.25) is 5.91 Å². The third-order valence-corrected chi connectivity index (χ3v) is 17.9. The number of nitrogens with one attached hydrogen (secondary N) is 1. The lowest BCUT2D eigenvalue weighted by Gasteiger charge is -2.22. The van der Waals surface area contributed by atoms with E-state index in [4.69, 9.17) is 4.74 Å². The first-order valence-corrected chi connectivity index (χ1v) is 37.3. The first kappa shape index (κ1) is 78.9. The maximum atomic E-state index is 12.5. The van der Waals surface area contributed by atoms with Gasteiger partial charge in [0.05, 0.1) is 25.4 Å². The summed E-state index contributed by atoms with van der Waals surface area (Å²) in [6.07, 6.45) is 85.9. The van der Waals surface area contributed by atoms with Crippen molar-refractivity contribution < 1.29 is 24.5 Å². The molecule has 0 aromatic carbocycles. The zero-order valence-electron chi connectivity index (χ0n) is 54.9. The SMILES string of the molecule is CCCCCCCCCCCCCCCCCCCCCCC(O)C(CO)NC(=O)CCCCCCCCCCCCCCCCCCCCCCCCCCCCCOC(=O)CCCCCCCCCCCCCCCCCC. The molecule has 0 aliphatic rings. The van der Waals surface area contributed by atoms with Crippen LogP contribution in [-0.2, 0) is 14.3 Å². The quantitative estimate of drug-likeness (QED) is 0.0417. The van der Waals surface area contributed by atoms with Crippen LogP contribution in [0, 0.1) is 0 Å². The lowest BCUT2D eigenvalue weighted by molar-refractivity contribution is -0.143. The number of aliphatic hydroxyl groups is 2. The molecule has 6 nitrogen and oxygen atoms in total. The van der Waals surface area contributed by atoms with Crippen LogP contribution < -0.4 is 5.32 Å². The molecule has 0 aliphatic carbocycles. The molecule has 80 heavy (non-hydrogen) atoms. The molecule has 0 aliphatic heterocycles. The number of hydrogen-bond acceptors (Lipinski definition) is 5. The summed E-state index contributed by atoms with van der Waals surface area (Å²) in [7, 11) is 0. The van der Waals surface area contributed by atoms with E-state index in [1.807, 2.05) is 0 Å². The number of unbranched alkanes of at least 4 members (excludes halogenated alkanes) is 60. The van der Waals surface area contributed by atoms with Crippen molar-refractivity contribution in [3.8, 4) is 0 Å². The zero-order chi connectivity index (χ0) is 57.8. The molecule has 0 spiro atoms. The summed E-state index contributed by atoms with van der Waals surface area (Å²) < 4.78 is 5.51. The van der Waals surface area contributed by atoms with Gasteiger partial charge in [0, 0.05) is 12.8 Å². The molecular formula is C74H147NO5. The number of carbonyl (C=O) groups excluding carboxylic acids is 2. The van der Waals surface area contributed by atoms with E-state index in [1.165, 1.54) is 366 Å². The highest BCUT2D eigenvalue weighted by Crippen LogP contribution is 2.20. The Morgan fingerprint density at radius 3 is 0.762 bits per heavy atom. The van der Waals surface area contributed by atoms with Crippen molar-refractivity contribution >= 4 is 11.9 Å². The molecular weight excluding hydrogens is 983 g/mol. The second-order valence-corrected chi connectivity index (χ2v) is 26.0. The Hall–Kier alpha value is -1.14. The molecule has 0 rings (SSSR count). The summed E-state index contributed by atoms with van der Waals surface area (Å²) in [6, 6.07) is -0.539. The molecule has 1 amide bonds. The van der Waals surface area contributed by atoms with Crippen LogP contribution in [0.25, 0.3) is 0 Å². The molecule has 0 aromatic rings. The number of ether oxygens (including phenoxy) is 1. The van der Waals surface area contributed by atoms with Crippen molar-refractivity contribution in [3.05, 3.63) is 0 Å². The maximum Gasteiger partial charge on any atom is 0.305 e. The third kappa shape index (κ3) is 66.0.